The molecule has 10 nitrogen and oxygen atoms in total. The number of carbonyl (C=O) groups excluding carboxylic acids is 2. The van der Waals surface area contributed by atoms with Gasteiger partial charge in [0.15, 0.2) is 0 Å². The predicted octanol–water partition coefficient (Wildman–Crippen LogP) is 3.11. The van der Waals surface area contributed by atoms with Crippen LogP contribution in [-0.4, -0.2) is 87.6 Å². The fraction of sp³-hybridized carbons (Fsp3) is 0.920. The lowest BCUT2D eigenvalue weighted by Crippen LogP contribution is -2.25. The molecule has 0 bridgehead atoms. The molecule has 0 amide bonds. The van der Waals surface area contributed by atoms with E-state index in [9.17, 15) is 19.8 Å². The fourth-order valence-electron chi connectivity index (χ4n) is 2.94. The lowest BCUT2D eigenvalue weighted by molar-refractivity contribution is -0.179. The van der Waals surface area contributed by atoms with E-state index in [0.29, 0.717) is 39.6 Å². The number of esters is 2. The highest BCUT2D eigenvalue weighted by Gasteiger charge is 2.14. The van der Waals surface area contributed by atoms with E-state index in [1.165, 1.54) is 25.7 Å². The molecule has 0 saturated carbocycles. The Morgan fingerprint density at radius 3 is 1.34 bits per heavy atom. The molecule has 0 aromatic carbocycles. The summed E-state index contributed by atoms with van der Waals surface area (Å²) in [5.74, 6) is -1.31. The number of unbranched alkanes of at least 4 members (excludes halogenated alkanes) is 6. The highest BCUT2D eigenvalue weighted by atomic mass is 16.7. The van der Waals surface area contributed by atoms with Crippen LogP contribution in [0.1, 0.15) is 84.5 Å². The van der Waals surface area contributed by atoms with Crippen LogP contribution in [-0.2, 0) is 38.0 Å². The monoisotopic (exact) mass is 508 g/mol. The summed E-state index contributed by atoms with van der Waals surface area (Å²) in [4.78, 5) is 23.4. The summed E-state index contributed by atoms with van der Waals surface area (Å²) in [5.41, 5.74) is 0. The Balaban J connectivity index is 3.56. The molecule has 2 N–H and O–H groups in total. The molecule has 0 aromatic heterocycles. The van der Waals surface area contributed by atoms with Crippen LogP contribution in [0.4, 0.5) is 0 Å². The number of aliphatic hydroxyl groups is 2. The number of aliphatic hydroxyl groups excluding tert-OH is 2. The molecular formula is C25H48O10. The zero-order valence-corrected chi connectivity index (χ0v) is 21.8. The summed E-state index contributed by atoms with van der Waals surface area (Å²) in [6, 6.07) is 0. The van der Waals surface area contributed by atoms with Gasteiger partial charge in [-0.1, -0.05) is 52.4 Å². The second-order valence-electron chi connectivity index (χ2n) is 8.24. The van der Waals surface area contributed by atoms with Gasteiger partial charge in [-0.25, -0.2) is 0 Å². The molecule has 0 spiro atoms. The van der Waals surface area contributed by atoms with E-state index in [1.807, 2.05) is 0 Å². The quantitative estimate of drug-likeness (QED) is 0.102. The average Bonchev–Trinajstić information content (AvgIpc) is 2.81. The molecule has 0 rings (SSSR count). The third-order valence-electron chi connectivity index (χ3n) is 4.85. The van der Waals surface area contributed by atoms with E-state index in [-0.39, 0.29) is 32.5 Å². The molecule has 35 heavy (non-hydrogen) atoms. The Morgan fingerprint density at radius 1 is 0.543 bits per heavy atom. The first-order valence-corrected chi connectivity index (χ1v) is 13.1. The van der Waals surface area contributed by atoms with Gasteiger partial charge in [-0.15, -0.1) is 0 Å². The van der Waals surface area contributed by atoms with Crippen LogP contribution in [0.3, 0.4) is 0 Å². The molecule has 0 aliphatic carbocycles. The van der Waals surface area contributed by atoms with Crippen LogP contribution in [0.2, 0.25) is 0 Å². The molecule has 0 saturated heterocycles. The maximum Gasteiger partial charge on any atom is 0.308 e. The lowest BCUT2D eigenvalue weighted by Gasteiger charge is -2.13. The van der Waals surface area contributed by atoms with Crippen molar-refractivity contribution in [3.63, 3.8) is 0 Å². The Bertz CT molecular complexity index is 447. The third-order valence-corrected chi connectivity index (χ3v) is 4.85. The second kappa shape index (κ2) is 25.8. The highest BCUT2D eigenvalue weighted by Crippen LogP contribution is 2.04. The molecule has 10 heteroatoms. The number of rotatable bonds is 26. The van der Waals surface area contributed by atoms with E-state index >= 15 is 0 Å². The van der Waals surface area contributed by atoms with E-state index in [1.54, 1.807) is 0 Å². The molecule has 0 heterocycles. The van der Waals surface area contributed by atoms with E-state index in [4.69, 9.17) is 28.4 Å². The zero-order chi connectivity index (χ0) is 26.0. The second-order valence-corrected chi connectivity index (χ2v) is 8.24. The van der Waals surface area contributed by atoms with Crippen LogP contribution in [0.5, 0.6) is 0 Å². The maximum absolute atomic E-state index is 11.7. The summed E-state index contributed by atoms with van der Waals surface area (Å²) < 4.78 is 30.9. The molecule has 0 aromatic rings. The minimum Gasteiger partial charge on any atom is -0.433 e. The van der Waals surface area contributed by atoms with Gasteiger partial charge in [-0.05, 0) is 19.3 Å². The Morgan fingerprint density at radius 2 is 0.943 bits per heavy atom. The van der Waals surface area contributed by atoms with E-state index in [0.717, 1.165) is 25.7 Å². The van der Waals surface area contributed by atoms with Gasteiger partial charge in [-0.2, -0.15) is 0 Å². The molecule has 208 valence electrons. The molecule has 0 aliphatic rings. The normalized spacial score (nSPS) is 12.9. The molecule has 0 aliphatic heterocycles. The first-order chi connectivity index (χ1) is 17.0. The number of hydrogen-bond acceptors (Lipinski definition) is 10. The van der Waals surface area contributed by atoms with Crippen LogP contribution in [0, 0.1) is 0 Å². The summed E-state index contributed by atoms with van der Waals surface area (Å²) in [5, 5.41) is 19.4. The van der Waals surface area contributed by atoms with Gasteiger partial charge in [0.25, 0.3) is 0 Å². The molecule has 2 unspecified atom stereocenters. The molecule has 2 atom stereocenters. The maximum atomic E-state index is 11.7. The first-order valence-electron chi connectivity index (χ1n) is 13.1. The van der Waals surface area contributed by atoms with Crippen molar-refractivity contribution < 1.29 is 48.2 Å². The summed E-state index contributed by atoms with van der Waals surface area (Å²) in [6.45, 7) is 6.80. The van der Waals surface area contributed by atoms with Crippen molar-refractivity contribution >= 4 is 11.9 Å². The van der Waals surface area contributed by atoms with Crippen LogP contribution < -0.4 is 0 Å². The number of ether oxygens (including phenoxy) is 6. The van der Waals surface area contributed by atoms with Gasteiger partial charge in [0.1, 0.15) is 13.2 Å². The Kier molecular flexibility index (Phi) is 24.8. The number of carbonyl (C=O) groups is 2. The van der Waals surface area contributed by atoms with Gasteiger partial charge in [0, 0.05) is 26.1 Å². The van der Waals surface area contributed by atoms with Gasteiger partial charge < -0.3 is 38.6 Å². The average molecular weight is 509 g/mol. The topological polar surface area (TPSA) is 130 Å². The SMILES string of the molecule is CCCCCCOCCOCC(O)OC(=O)CCCC(=O)OC(O)COCCOCCCCCC. The van der Waals surface area contributed by atoms with Crippen molar-refractivity contribution in [2.45, 2.75) is 97.1 Å². The minimum absolute atomic E-state index is 0.0742. The Hall–Kier alpha value is -1.30. The van der Waals surface area contributed by atoms with E-state index < -0.39 is 24.5 Å². The van der Waals surface area contributed by atoms with Crippen molar-refractivity contribution in [1.82, 2.24) is 0 Å². The molecule has 0 fully saturated rings. The van der Waals surface area contributed by atoms with Gasteiger partial charge in [0.2, 0.25) is 12.6 Å². The van der Waals surface area contributed by atoms with Crippen molar-refractivity contribution in [2.24, 2.45) is 0 Å². The fourth-order valence-corrected chi connectivity index (χ4v) is 2.94. The van der Waals surface area contributed by atoms with Crippen molar-refractivity contribution in [1.29, 1.82) is 0 Å². The van der Waals surface area contributed by atoms with Crippen LogP contribution >= 0.6 is 0 Å². The highest BCUT2D eigenvalue weighted by molar-refractivity contribution is 5.72. The van der Waals surface area contributed by atoms with Crippen molar-refractivity contribution in [2.75, 3.05) is 52.9 Å². The standard InChI is InChI=1S/C25H48O10/c1-3-5-7-9-14-30-16-18-32-20-24(28)34-22(26)12-11-13-23(27)35-25(29)21-33-19-17-31-15-10-8-6-4-2/h24-25,28-29H,3-21H2,1-2H3. The van der Waals surface area contributed by atoms with Crippen molar-refractivity contribution in [3.05, 3.63) is 0 Å². The van der Waals surface area contributed by atoms with Crippen LogP contribution in [0.15, 0.2) is 0 Å². The minimum atomic E-state index is -1.38. The summed E-state index contributed by atoms with van der Waals surface area (Å²) >= 11 is 0. The third kappa shape index (κ3) is 25.6. The lowest BCUT2D eigenvalue weighted by atomic mass is 10.2. The van der Waals surface area contributed by atoms with Gasteiger partial charge >= 0.3 is 11.9 Å². The molecular weight excluding hydrogens is 460 g/mol. The first kappa shape index (κ1) is 33.7. The Labute approximate surface area is 210 Å². The van der Waals surface area contributed by atoms with Gasteiger partial charge in [0.05, 0.1) is 26.4 Å². The van der Waals surface area contributed by atoms with Crippen LogP contribution in [0.25, 0.3) is 0 Å². The van der Waals surface area contributed by atoms with E-state index in [2.05, 4.69) is 13.8 Å². The smallest absolute Gasteiger partial charge is 0.308 e. The zero-order valence-electron chi connectivity index (χ0n) is 21.8. The van der Waals surface area contributed by atoms with Gasteiger partial charge in [-0.3, -0.25) is 9.59 Å². The number of hydrogen-bond donors (Lipinski definition) is 2. The summed E-state index contributed by atoms with van der Waals surface area (Å²) in [7, 11) is 0. The van der Waals surface area contributed by atoms with Crippen molar-refractivity contribution in [3.8, 4) is 0 Å². The molecule has 0 radical (unpaired) electrons. The predicted molar refractivity (Wildman–Crippen MR) is 130 cm³/mol. The largest absolute Gasteiger partial charge is 0.433 e. The summed E-state index contributed by atoms with van der Waals surface area (Å²) in [6.07, 6.45) is 6.35.